The summed E-state index contributed by atoms with van der Waals surface area (Å²) < 4.78 is 10.4. The molecule has 29 heavy (non-hydrogen) atoms. The van der Waals surface area contributed by atoms with Crippen LogP contribution in [0.5, 0.6) is 11.5 Å². The number of aromatic nitrogens is 2. The fourth-order valence-corrected chi connectivity index (χ4v) is 2.53. The van der Waals surface area contributed by atoms with E-state index in [2.05, 4.69) is 20.6 Å². The standard InChI is InChI=1S/C21H20N4O4/c1-13(26)14-4-6-16(7-5-14)24-21-22-11-15(12-23-21)20(27)25-18-10-17(28-2)8-9-19(18)29-3/h4-12H,1-3H3,(H,25,27)(H,22,23,24). The summed E-state index contributed by atoms with van der Waals surface area (Å²) in [6, 6.07) is 12.1. The second kappa shape index (κ2) is 8.83. The Morgan fingerprint density at radius 2 is 1.59 bits per heavy atom. The van der Waals surface area contributed by atoms with E-state index in [0.29, 0.717) is 28.7 Å². The van der Waals surface area contributed by atoms with E-state index >= 15 is 0 Å². The molecule has 2 N–H and O–H groups in total. The quantitative estimate of drug-likeness (QED) is 0.591. The van der Waals surface area contributed by atoms with Gasteiger partial charge in [0.05, 0.1) is 25.5 Å². The van der Waals surface area contributed by atoms with Gasteiger partial charge in [0.1, 0.15) is 11.5 Å². The maximum absolute atomic E-state index is 12.5. The Morgan fingerprint density at radius 1 is 0.897 bits per heavy atom. The van der Waals surface area contributed by atoms with E-state index in [1.165, 1.54) is 26.4 Å². The third kappa shape index (κ3) is 4.86. The van der Waals surface area contributed by atoms with Gasteiger partial charge in [-0.3, -0.25) is 9.59 Å². The van der Waals surface area contributed by atoms with Crippen molar-refractivity contribution in [2.45, 2.75) is 6.92 Å². The molecule has 1 amide bonds. The van der Waals surface area contributed by atoms with Crippen LogP contribution in [0.2, 0.25) is 0 Å². The van der Waals surface area contributed by atoms with E-state index in [0.717, 1.165) is 5.69 Å². The van der Waals surface area contributed by atoms with Crippen molar-refractivity contribution >= 4 is 29.0 Å². The first-order valence-electron chi connectivity index (χ1n) is 8.73. The van der Waals surface area contributed by atoms with Gasteiger partial charge in [-0.15, -0.1) is 0 Å². The van der Waals surface area contributed by atoms with Gasteiger partial charge in [0.2, 0.25) is 5.95 Å². The molecule has 0 spiro atoms. The Hall–Kier alpha value is -3.94. The van der Waals surface area contributed by atoms with Crippen LogP contribution in [0.1, 0.15) is 27.6 Å². The number of Topliss-reactive ketones (excluding diaryl/α,β-unsaturated/α-hetero) is 1. The number of ether oxygens (including phenoxy) is 2. The van der Waals surface area contributed by atoms with Crippen molar-refractivity contribution in [1.82, 2.24) is 9.97 Å². The average Bonchev–Trinajstić information content (AvgIpc) is 2.74. The molecule has 1 heterocycles. The number of carbonyl (C=O) groups excluding carboxylic acids is 2. The largest absolute Gasteiger partial charge is 0.497 e. The minimum Gasteiger partial charge on any atom is -0.497 e. The molecule has 0 radical (unpaired) electrons. The van der Waals surface area contributed by atoms with Gasteiger partial charge in [-0.05, 0) is 43.3 Å². The number of amides is 1. The molecule has 8 nitrogen and oxygen atoms in total. The first-order chi connectivity index (χ1) is 14.0. The van der Waals surface area contributed by atoms with Crippen molar-refractivity contribution in [3.63, 3.8) is 0 Å². The molecule has 8 heteroatoms. The highest BCUT2D eigenvalue weighted by Gasteiger charge is 2.12. The van der Waals surface area contributed by atoms with Gasteiger partial charge in [0.15, 0.2) is 5.78 Å². The molecular weight excluding hydrogens is 372 g/mol. The minimum absolute atomic E-state index is 0.00386. The van der Waals surface area contributed by atoms with Crippen LogP contribution in [-0.4, -0.2) is 35.9 Å². The van der Waals surface area contributed by atoms with Gasteiger partial charge in [-0.2, -0.15) is 0 Å². The van der Waals surface area contributed by atoms with Crippen molar-refractivity contribution < 1.29 is 19.1 Å². The first-order valence-corrected chi connectivity index (χ1v) is 8.73. The number of anilines is 3. The summed E-state index contributed by atoms with van der Waals surface area (Å²) in [6.45, 7) is 1.51. The number of methoxy groups -OCH3 is 2. The highest BCUT2D eigenvalue weighted by Crippen LogP contribution is 2.29. The van der Waals surface area contributed by atoms with Gasteiger partial charge in [0.25, 0.3) is 5.91 Å². The molecule has 3 rings (SSSR count). The highest BCUT2D eigenvalue weighted by molar-refractivity contribution is 6.04. The average molecular weight is 392 g/mol. The molecule has 0 aliphatic heterocycles. The summed E-state index contributed by atoms with van der Waals surface area (Å²) in [6.07, 6.45) is 2.84. The Balaban J connectivity index is 1.69. The molecule has 0 aliphatic rings. The van der Waals surface area contributed by atoms with Crippen LogP contribution in [0.15, 0.2) is 54.9 Å². The zero-order valence-electron chi connectivity index (χ0n) is 16.2. The van der Waals surface area contributed by atoms with Crippen LogP contribution < -0.4 is 20.1 Å². The summed E-state index contributed by atoms with van der Waals surface area (Å²) in [7, 11) is 3.06. The number of nitrogens with zero attached hydrogens (tertiary/aromatic N) is 2. The van der Waals surface area contributed by atoms with Crippen molar-refractivity contribution in [2.24, 2.45) is 0 Å². The number of ketones is 1. The summed E-state index contributed by atoms with van der Waals surface area (Å²) in [5, 5.41) is 5.78. The Kier molecular flexibility index (Phi) is 6.03. The second-order valence-corrected chi connectivity index (χ2v) is 6.07. The van der Waals surface area contributed by atoms with Gasteiger partial charge >= 0.3 is 0 Å². The Labute approximate surface area is 167 Å². The molecule has 0 bridgehead atoms. The van der Waals surface area contributed by atoms with Crippen LogP contribution in [0.4, 0.5) is 17.3 Å². The molecule has 1 aromatic heterocycles. The number of benzene rings is 2. The summed E-state index contributed by atoms with van der Waals surface area (Å²) in [4.78, 5) is 32.2. The third-order valence-electron chi connectivity index (χ3n) is 4.12. The SMILES string of the molecule is COc1ccc(OC)c(NC(=O)c2cnc(Nc3ccc(C(C)=O)cc3)nc2)c1. The normalized spacial score (nSPS) is 10.2. The Morgan fingerprint density at radius 3 is 2.17 bits per heavy atom. The fraction of sp³-hybridized carbons (Fsp3) is 0.143. The summed E-state index contributed by atoms with van der Waals surface area (Å²) >= 11 is 0. The fourth-order valence-electron chi connectivity index (χ4n) is 2.53. The molecule has 148 valence electrons. The molecule has 0 atom stereocenters. The van der Waals surface area contributed by atoms with Gasteiger partial charge in [-0.1, -0.05) is 0 Å². The zero-order valence-corrected chi connectivity index (χ0v) is 16.2. The number of hydrogen-bond acceptors (Lipinski definition) is 7. The van der Waals surface area contributed by atoms with E-state index < -0.39 is 0 Å². The van der Waals surface area contributed by atoms with Crippen LogP contribution in [-0.2, 0) is 0 Å². The van der Waals surface area contributed by atoms with E-state index in [-0.39, 0.29) is 17.3 Å². The summed E-state index contributed by atoms with van der Waals surface area (Å²) in [5.41, 5.74) is 2.11. The minimum atomic E-state index is -0.381. The van der Waals surface area contributed by atoms with E-state index in [4.69, 9.17) is 9.47 Å². The maximum Gasteiger partial charge on any atom is 0.258 e. The zero-order chi connectivity index (χ0) is 20.8. The van der Waals surface area contributed by atoms with Gasteiger partial charge in [-0.25, -0.2) is 9.97 Å². The van der Waals surface area contributed by atoms with Gasteiger partial charge in [0, 0.05) is 29.7 Å². The number of nitrogens with one attached hydrogen (secondary N) is 2. The molecule has 0 saturated carbocycles. The lowest BCUT2D eigenvalue weighted by molar-refractivity contribution is 0.101. The van der Waals surface area contributed by atoms with Crippen molar-refractivity contribution in [2.75, 3.05) is 24.9 Å². The molecule has 0 aliphatic carbocycles. The lowest BCUT2D eigenvalue weighted by atomic mass is 10.1. The number of hydrogen-bond donors (Lipinski definition) is 2. The van der Waals surface area contributed by atoms with E-state index in [9.17, 15) is 9.59 Å². The molecule has 2 aromatic carbocycles. The van der Waals surface area contributed by atoms with E-state index in [1.54, 1.807) is 49.6 Å². The molecule has 3 aromatic rings. The predicted molar refractivity (Wildman–Crippen MR) is 109 cm³/mol. The lowest BCUT2D eigenvalue weighted by Gasteiger charge is -2.12. The van der Waals surface area contributed by atoms with Crippen molar-refractivity contribution in [3.05, 3.63) is 66.0 Å². The number of rotatable bonds is 7. The van der Waals surface area contributed by atoms with Crippen molar-refractivity contribution in [3.8, 4) is 11.5 Å². The smallest absolute Gasteiger partial charge is 0.258 e. The number of carbonyl (C=O) groups is 2. The van der Waals surface area contributed by atoms with Crippen LogP contribution >= 0.6 is 0 Å². The molecule has 0 saturated heterocycles. The molecule has 0 unspecified atom stereocenters. The van der Waals surface area contributed by atoms with Crippen molar-refractivity contribution in [1.29, 1.82) is 0 Å². The molecular formula is C21H20N4O4. The van der Waals surface area contributed by atoms with Gasteiger partial charge < -0.3 is 20.1 Å². The highest BCUT2D eigenvalue weighted by atomic mass is 16.5. The monoisotopic (exact) mass is 392 g/mol. The molecule has 0 fully saturated rings. The predicted octanol–water partition coefficient (Wildman–Crippen LogP) is 3.69. The van der Waals surface area contributed by atoms with Crippen LogP contribution in [0.25, 0.3) is 0 Å². The maximum atomic E-state index is 12.5. The summed E-state index contributed by atoms with van der Waals surface area (Å²) in [5.74, 6) is 1.04. The topological polar surface area (TPSA) is 102 Å². The van der Waals surface area contributed by atoms with Crippen LogP contribution in [0.3, 0.4) is 0 Å². The van der Waals surface area contributed by atoms with Crippen LogP contribution in [0, 0.1) is 0 Å². The Bertz CT molecular complexity index is 1020. The van der Waals surface area contributed by atoms with E-state index in [1.807, 2.05) is 0 Å². The lowest BCUT2D eigenvalue weighted by Crippen LogP contribution is -2.14. The first kappa shape index (κ1) is 19.8. The second-order valence-electron chi connectivity index (χ2n) is 6.07. The third-order valence-corrected chi connectivity index (χ3v) is 4.12.